The van der Waals surface area contributed by atoms with Gasteiger partial charge in [-0.25, -0.2) is 0 Å². The monoisotopic (exact) mass is 252 g/mol. The van der Waals surface area contributed by atoms with Gasteiger partial charge in [-0.3, -0.25) is 9.48 Å². The molecule has 0 saturated heterocycles. The number of rotatable bonds is 3. The Morgan fingerprint density at radius 1 is 1.92 bits per heavy atom. The van der Waals surface area contributed by atoms with E-state index in [0.717, 1.165) is 4.47 Å². The second-order valence-electron chi connectivity index (χ2n) is 2.19. The molecule has 1 aromatic rings. The van der Waals surface area contributed by atoms with Crippen molar-refractivity contribution in [1.82, 2.24) is 9.78 Å². The predicted molar refractivity (Wildman–Crippen MR) is 47.2 cm³/mol. The third-order valence-corrected chi connectivity index (χ3v) is 1.95. The van der Waals surface area contributed by atoms with Crippen molar-refractivity contribution < 1.29 is 9.90 Å². The van der Waals surface area contributed by atoms with E-state index in [1.165, 1.54) is 4.68 Å². The quantitative estimate of drug-likeness (QED) is 0.827. The molecule has 1 aromatic heterocycles. The second-order valence-corrected chi connectivity index (χ2v) is 3.63. The van der Waals surface area contributed by atoms with Crippen LogP contribution in [-0.4, -0.2) is 26.2 Å². The zero-order chi connectivity index (χ0) is 9.14. The zero-order valence-electron chi connectivity index (χ0n) is 5.94. The third kappa shape index (κ3) is 2.49. The molecule has 0 aliphatic heterocycles. The van der Waals surface area contributed by atoms with Gasteiger partial charge in [0.15, 0.2) is 5.38 Å². The average Bonchev–Trinajstić information content (AvgIpc) is 2.35. The molecule has 6 heteroatoms. The van der Waals surface area contributed by atoms with E-state index in [9.17, 15) is 4.79 Å². The molecule has 0 bridgehead atoms. The molecule has 12 heavy (non-hydrogen) atoms. The lowest BCUT2D eigenvalue weighted by Gasteiger charge is -2.02. The molecule has 4 nitrogen and oxygen atoms in total. The number of carboxylic acids is 1. The summed E-state index contributed by atoms with van der Waals surface area (Å²) in [7, 11) is 0. The number of aliphatic carboxylic acids is 1. The Kier molecular flexibility index (Phi) is 3.11. The molecule has 1 heterocycles. The first-order valence-electron chi connectivity index (χ1n) is 3.14. The molecule has 0 aliphatic rings. The van der Waals surface area contributed by atoms with E-state index >= 15 is 0 Å². The Balaban J connectivity index is 2.58. The lowest BCUT2D eigenvalue weighted by atomic mass is 10.4. The first kappa shape index (κ1) is 9.54. The molecule has 1 unspecified atom stereocenters. The molecule has 0 aromatic carbocycles. The predicted octanol–water partition coefficient (Wildman–Crippen LogP) is 1.34. The SMILES string of the molecule is O=C(O)C(Cl)Cn1cc(Br)cn1. The number of halogens is 2. The standard InChI is InChI=1S/C6H6BrClN2O2/c7-4-1-9-10(2-4)3-5(8)6(11)12/h1-2,5H,3H2,(H,11,12). The van der Waals surface area contributed by atoms with Gasteiger partial charge in [0.2, 0.25) is 0 Å². The van der Waals surface area contributed by atoms with E-state index in [0.29, 0.717) is 0 Å². The second kappa shape index (κ2) is 3.91. The lowest BCUT2D eigenvalue weighted by molar-refractivity contribution is -0.136. The minimum atomic E-state index is -1.04. The zero-order valence-corrected chi connectivity index (χ0v) is 8.29. The van der Waals surface area contributed by atoms with Crippen molar-refractivity contribution in [3.8, 4) is 0 Å². The van der Waals surface area contributed by atoms with Crippen molar-refractivity contribution in [2.75, 3.05) is 0 Å². The molecular formula is C6H6BrClN2O2. The van der Waals surface area contributed by atoms with Gasteiger partial charge in [0.25, 0.3) is 0 Å². The summed E-state index contributed by atoms with van der Waals surface area (Å²) in [6.07, 6.45) is 3.24. The van der Waals surface area contributed by atoms with E-state index in [1.807, 2.05) is 0 Å². The van der Waals surface area contributed by atoms with Gasteiger partial charge in [0, 0.05) is 6.20 Å². The van der Waals surface area contributed by atoms with Crippen molar-refractivity contribution in [3.63, 3.8) is 0 Å². The van der Waals surface area contributed by atoms with Gasteiger partial charge in [-0.05, 0) is 15.9 Å². The summed E-state index contributed by atoms with van der Waals surface area (Å²) in [6.45, 7) is 0.169. The molecular weight excluding hydrogens is 247 g/mol. The molecule has 0 radical (unpaired) electrons. The molecule has 1 atom stereocenters. The van der Waals surface area contributed by atoms with Crippen molar-refractivity contribution in [2.24, 2.45) is 0 Å². The van der Waals surface area contributed by atoms with Crippen molar-refractivity contribution in [2.45, 2.75) is 11.9 Å². The summed E-state index contributed by atoms with van der Waals surface area (Å²) < 4.78 is 2.27. The fraction of sp³-hybridized carbons (Fsp3) is 0.333. The Morgan fingerprint density at radius 2 is 2.58 bits per heavy atom. The van der Waals surface area contributed by atoms with E-state index < -0.39 is 11.3 Å². The maximum Gasteiger partial charge on any atom is 0.323 e. The fourth-order valence-corrected chi connectivity index (χ4v) is 1.15. The Hall–Kier alpha value is -0.550. The topological polar surface area (TPSA) is 55.1 Å². The molecule has 66 valence electrons. The highest BCUT2D eigenvalue weighted by Crippen LogP contribution is 2.08. The molecule has 0 saturated carbocycles. The number of carboxylic acid groups (broad SMARTS) is 1. The Morgan fingerprint density at radius 3 is 3.00 bits per heavy atom. The summed E-state index contributed by atoms with van der Waals surface area (Å²) in [5, 5.41) is 11.4. The summed E-state index contributed by atoms with van der Waals surface area (Å²) in [4.78, 5) is 10.3. The van der Waals surface area contributed by atoms with Crippen LogP contribution in [0.3, 0.4) is 0 Å². The van der Waals surface area contributed by atoms with E-state index in [1.54, 1.807) is 12.4 Å². The highest BCUT2D eigenvalue weighted by atomic mass is 79.9. The molecule has 0 aliphatic carbocycles. The summed E-state index contributed by atoms with van der Waals surface area (Å²) in [5.74, 6) is -1.04. The van der Waals surface area contributed by atoms with Gasteiger partial charge in [0.05, 0.1) is 17.2 Å². The van der Waals surface area contributed by atoms with E-state index in [-0.39, 0.29) is 6.54 Å². The summed E-state index contributed by atoms with van der Waals surface area (Å²) in [5.41, 5.74) is 0. The first-order valence-corrected chi connectivity index (χ1v) is 4.37. The average molecular weight is 253 g/mol. The minimum Gasteiger partial charge on any atom is -0.480 e. The number of aromatic nitrogens is 2. The van der Waals surface area contributed by atoms with Crippen LogP contribution in [0, 0.1) is 0 Å². The van der Waals surface area contributed by atoms with Gasteiger partial charge >= 0.3 is 5.97 Å². The van der Waals surface area contributed by atoms with Crippen LogP contribution in [-0.2, 0) is 11.3 Å². The van der Waals surface area contributed by atoms with Crippen LogP contribution >= 0.6 is 27.5 Å². The van der Waals surface area contributed by atoms with Crippen molar-refractivity contribution >= 4 is 33.5 Å². The highest BCUT2D eigenvalue weighted by Gasteiger charge is 2.14. The van der Waals surface area contributed by atoms with E-state index in [2.05, 4.69) is 21.0 Å². The molecule has 0 spiro atoms. The Bertz CT molecular complexity index is 289. The number of carbonyl (C=O) groups is 1. The normalized spacial score (nSPS) is 12.8. The number of alkyl halides is 1. The summed E-state index contributed by atoms with van der Waals surface area (Å²) in [6, 6.07) is 0. The minimum absolute atomic E-state index is 0.169. The van der Waals surface area contributed by atoms with Gasteiger partial charge in [-0.15, -0.1) is 11.6 Å². The maximum absolute atomic E-state index is 10.3. The number of nitrogens with zero attached hydrogens (tertiary/aromatic N) is 2. The maximum atomic E-state index is 10.3. The van der Waals surface area contributed by atoms with Gasteiger partial charge in [0.1, 0.15) is 0 Å². The third-order valence-electron chi connectivity index (χ3n) is 1.22. The van der Waals surface area contributed by atoms with Crippen LogP contribution in [0.1, 0.15) is 0 Å². The number of hydrogen-bond acceptors (Lipinski definition) is 2. The molecule has 1 rings (SSSR count). The van der Waals surface area contributed by atoms with E-state index in [4.69, 9.17) is 16.7 Å². The van der Waals surface area contributed by atoms with Gasteiger partial charge < -0.3 is 5.11 Å². The molecule has 1 N–H and O–H groups in total. The largest absolute Gasteiger partial charge is 0.480 e. The van der Waals surface area contributed by atoms with Crippen LogP contribution in [0.5, 0.6) is 0 Å². The fourth-order valence-electron chi connectivity index (χ4n) is 0.681. The van der Waals surface area contributed by atoms with Crippen LogP contribution in [0.25, 0.3) is 0 Å². The highest BCUT2D eigenvalue weighted by molar-refractivity contribution is 9.10. The van der Waals surface area contributed by atoms with Crippen LogP contribution in [0.15, 0.2) is 16.9 Å². The Labute approximate surface area is 82.3 Å². The number of hydrogen-bond donors (Lipinski definition) is 1. The lowest BCUT2D eigenvalue weighted by Crippen LogP contribution is -2.20. The van der Waals surface area contributed by atoms with Crippen LogP contribution < -0.4 is 0 Å². The summed E-state index contributed by atoms with van der Waals surface area (Å²) >= 11 is 8.67. The van der Waals surface area contributed by atoms with Crippen molar-refractivity contribution in [1.29, 1.82) is 0 Å². The smallest absolute Gasteiger partial charge is 0.323 e. The van der Waals surface area contributed by atoms with Gasteiger partial charge in [-0.1, -0.05) is 0 Å². The van der Waals surface area contributed by atoms with Crippen molar-refractivity contribution in [3.05, 3.63) is 16.9 Å². The van der Waals surface area contributed by atoms with Crippen LogP contribution in [0.4, 0.5) is 0 Å². The first-order chi connectivity index (χ1) is 5.59. The molecule has 0 fully saturated rings. The molecule has 0 amide bonds. The van der Waals surface area contributed by atoms with Crippen LogP contribution in [0.2, 0.25) is 0 Å². The van der Waals surface area contributed by atoms with Gasteiger partial charge in [-0.2, -0.15) is 5.10 Å².